The molecule has 3 aromatic heterocycles. The van der Waals surface area contributed by atoms with Crippen molar-refractivity contribution in [1.29, 1.82) is 0 Å². The number of aryl methyl sites for hydroxylation is 1. The number of phenolic OH excluding ortho intramolecular Hbond substituents is 1. The molecule has 0 bridgehead atoms. The molecule has 6 aromatic rings. The number of aromatic nitrogens is 4. The summed E-state index contributed by atoms with van der Waals surface area (Å²) in [6.45, 7) is 2.28. The molecule has 0 radical (unpaired) electrons. The zero-order valence-corrected chi connectivity index (χ0v) is 21.3. The van der Waals surface area contributed by atoms with Crippen molar-refractivity contribution in [3.63, 3.8) is 0 Å². The highest BCUT2D eigenvalue weighted by Crippen LogP contribution is 2.38. The Balaban J connectivity index is 1.31. The fourth-order valence-corrected chi connectivity index (χ4v) is 4.92. The van der Waals surface area contributed by atoms with Crippen molar-refractivity contribution in [1.82, 2.24) is 19.9 Å². The lowest BCUT2D eigenvalue weighted by Gasteiger charge is -2.15. The van der Waals surface area contributed by atoms with Crippen molar-refractivity contribution in [2.45, 2.75) is 23.3 Å². The highest BCUT2D eigenvalue weighted by Gasteiger charge is 2.12. The average Bonchev–Trinajstić information content (AvgIpc) is 2.94. The molecule has 0 saturated heterocycles. The summed E-state index contributed by atoms with van der Waals surface area (Å²) in [5.41, 5.74) is 4.14. The van der Waals surface area contributed by atoms with Crippen LogP contribution in [0.25, 0.3) is 21.9 Å². The Labute approximate surface area is 223 Å². The van der Waals surface area contributed by atoms with Gasteiger partial charge in [-0.05, 0) is 67.6 Å². The standard InChI is InChI=1S/C30H23N5O2S/c1-19-6-14-25-29(33-19)31-18-32-30(25)35-27-16-23(11-15-28(27)38-24-12-9-22(36)10-13-24)37-17-21-8-7-20-4-2-3-5-26(20)34-21/h2-16,18,36H,17H2,1H3,(H,31,32,33,35). The number of rotatable bonds is 7. The summed E-state index contributed by atoms with van der Waals surface area (Å²) in [4.78, 5) is 20.0. The number of anilines is 2. The molecule has 38 heavy (non-hydrogen) atoms. The normalized spacial score (nSPS) is 11.1. The van der Waals surface area contributed by atoms with Crippen LogP contribution in [0.3, 0.4) is 0 Å². The highest BCUT2D eigenvalue weighted by molar-refractivity contribution is 7.99. The fraction of sp³-hybridized carbons (Fsp3) is 0.0667. The zero-order chi connectivity index (χ0) is 25.9. The van der Waals surface area contributed by atoms with E-state index in [4.69, 9.17) is 9.72 Å². The Morgan fingerprint density at radius 3 is 2.63 bits per heavy atom. The largest absolute Gasteiger partial charge is 0.508 e. The summed E-state index contributed by atoms with van der Waals surface area (Å²) in [6.07, 6.45) is 1.51. The van der Waals surface area contributed by atoms with Gasteiger partial charge in [-0.25, -0.2) is 19.9 Å². The van der Waals surface area contributed by atoms with E-state index >= 15 is 0 Å². The van der Waals surface area contributed by atoms with Gasteiger partial charge in [-0.3, -0.25) is 0 Å². The van der Waals surface area contributed by atoms with Crippen LogP contribution in [-0.2, 0) is 6.61 Å². The van der Waals surface area contributed by atoms with Gasteiger partial charge in [0.2, 0.25) is 0 Å². The van der Waals surface area contributed by atoms with E-state index < -0.39 is 0 Å². The topological polar surface area (TPSA) is 93.0 Å². The third kappa shape index (κ3) is 5.21. The molecule has 0 aliphatic heterocycles. The van der Waals surface area contributed by atoms with E-state index in [9.17, 15) is 5.11 Å². The van der Waals surface area contributed by atoms with Crippen LogP contribution in [0.4, 0.5) is 11.5 Å². The molecular formula is C30H23N5O2S. The first-order valence-corrected chi connectivity index (χ1v) is 12.9. The number of nitrogens with zero attached hydrogens (tertiary/aromatic N) is 4. The minimum absolute atomic E-state index is 0.231. The number of nitrogens with one attached hydrogen (secondary N) is 1. The van der Waals surface area contributed by atoms with Crippen molar-refractivity contribution >= 4 is 45.2 Å². The minimum atomic E-state index is 0.231. The predicted octanol–water partition coefficient (Wildman–Crippen LogP) is 7.06. The molecule has 3 heterocycles. The lowest BCUT2D eigenvalue weighted by atomic mass is 10.2. The lowest BCUT2D eigenvalue weighted by Crippen LogP contribution is -2.01. The second kappa shape index (κ2) is 10.4. The van der Waals surface area contributed by atoms with E-state index in [1.807, 2.05) is 79.7 Å². The van der Waals surface area contributed by atoms with Crippen LogP contribution in [0.5, 0.6) is 11.5 Å². The molecule has 0 amide bonds. The lowest BCUT2D eigenvalue weighted by molar-refractivity contribution is 0.302. The van der Waals surface area contributed by atoms with Gasteiger partial charge in [0, 0.05) is 26.9 Å². The van der Waals surface area contributed by atoms with Gasteiger partial charge in [0.15, 0.2) is 5.65 Å². The van der Waals surface area contributed by atoms with Crippen molar-refractivity contribution in [2.24, 2.45) is 0 Å². The van der Waals surface area contributed by atoms with E-state index in [2.05, 4.69) is 26.3 Å². The Bertz CT molecular complexity index is 1760. The third-order valence-electron chi connectivity index (χ3n) is 5.95. The number of pyridine rings is 2. The quantitative estimate of drug-likeness (QED) is 0.232. The summed E-state index contributed by atoms with van der Waals surface area (Å²) in [6, 6.07) is 29.0. The molecule has 0 saturated carbocycles. The molecule has 0 aliphatic carbocycles. The maximum absolute atomic E-state index is 9.68. The molecule has 186 valence electrons. The molecule has 2 N–H and O–H groups in total. The molecule has 0 aliphatic rings. The van der Waals surface area contributed by atoms with Crippen molar-refractivity contribution in [2.75, 3.05) is 5.32 Å². The first-order valence-electron chi connectivity index (χ1n) is 12.0. The summed E-state index contributed by atoms with van der Waals surface area (Å²) < 4.78 is 6.15. The number of ether oxygens (including phenoxy) is 1. The fourth-order valence-electron chi connectivity index (χ4n) is 4.04. The van der Waals surface area contributed by atoms with Crippen molar-refractivity contribution in [3.05, 3.63) is 109 Å². The highest BCUT2D eigenvalue weighted by atomic mass is 32.2. The summed E-state index contributed by atoms with van der Waals surface area (Å²) in [5.74, 6) is 1.59. The van der Waals surface area contributed by atoms with Gasteiger partial charge in [0.1, 0.15) is 30.3 Å². The predicted molar refractivity (Wildman–Crippen MR) is 150 cm³/mol. The van der Waals surface area contributed by atoms with Gasteiger partial charge < -0.3 is 15.2 Å². The third-order valence-corrected chi connectivity index (χ3v) is 7.03. The molecule has 0 fully saturated rings. The maximum Gasteiger partial charge on any atom is 0.164 e. The van der Waals surface area contributed by atoms with E-state index in [-0.39, 0.29) is 5.75 Å². The van der Waals surface area contributed by atoms with Crippen LogP contribution in [0, 0.1) is 6.92 Å². The Morgan fingerprint density at radius 1 is 0.868 bits per heavy atom. The van der Waals surface area contributed by atoms with E-state index in [0.29, 0.717) is 23.8 Å². The molecule has 0 spiro atoms. The van der Waals surface area contributed by atoms with E-state index in [0.717, 1.165) is 43.2 Å². The van der Waals surface area contributed by atoms with Gasteiger partial charge >= 0.3 is 0 Å². The van der Waals surface area contributed by atoms with E-state index in [1.165, 1.54) is 6.33 Å². The van der Waals surface area contributed by atoms with Gasteiger partial charge in [-0.15, -0.1) is 0 Å². The second-order valence-corrected chi connectivity index (χ2v) is 9.82. The summed E-state index contributed by atoms with van der Waals surface area (Å²) in [7, 11) is 0. The van der Waals surface area contributed by atoms with Gasteiger partial charge in [-0.2, -0.15) is 0 Å². The first-order chi connectivity index (χ1) is 18.6. The van der Waals surface area contributed by atoms with Gasteiger partial charge in [0.25, 0.3) is 0 Å². The van der Waals surface area contributed by atoms with Gasteiger partial charge in [0.05, 0.1) is 22.3 Å². The maximum atomic E-state index is 9.68. The number of phenols is 1. The zero-order valence-electron chi connectivity index (χ0n) is 20.5. The number of hydrogen-bond acceptors (Lipinski definition) is 8. The van der Waals surface area contributed by atoms with Crippen molar-refractivity contribution < 1.29 is 9.84 Å². The number of para-hydroxylation sites is 1. The summed E-state index contributed by atoms with van der Waals surface area (Å²) in [5, 5.41) is 15.1. The van der Waals surface area contributed by atoms with Crippen LogP contribution in [0.1, 0.15) is 11.4 Å². The molecule has 8 heteroatoms. The monoisotopic (exact) mass is 517 g/mol. The number of hydrogen-bond donors (Lipinski definition) is 2. The molecule has 7 nitrogen and oxygen atoms in total. The molecule has 6 rings (SSSR count). The number of benzene rings is 3. The van der Waals surface area contributed by atoms with Gasteiger partial charge in [-0.1, -0.05) is 36.0 Å². The Morgan fingerprint density at radius 2 is 1.74 bits per heavy atom. The first kappa shape index (κ1) is 23.7. The molecule has 0 atom stereocenters. The average molecular weight is 518 g/mol. The van der Waals surface area contributed by atoms with Crippen LogP contribution >= 0.6 is 11.8 Å². The van der Waals surface area contributed by atoms with Crippen molar-refractivity contribution in [3.8, 4) is 11.5 Å². The molecule has 0 unspecified atom stereocenters. The van der Waals surface area contributed by atoms with Crippen LogP contribution in [0.2, 0.25) is 0 Å². The van der Waals surface area contributed by atoms with E-state index in [1.54, 1.807) is 23.9 Å². The smallest absolute Gasteiger partial charge is 0.164 e. The Kier molecular flexibility index (Phi) is 6.46. The number of fused-ring (bicyclic) bond motifs is 2. The second-order valence-electron chi connectivity index (χ2n) is 8.71. The van der Waals surface area contributed by atoms with Crippen LogP contribution in [-0.4, -0.2) is 25.0 Å². The minimum Gasteiger partial charge on any atom is -0.508 e. The SMILES string of the molecule is Cc1ccc2c(Nc3cc(OCc4ccc5ccccc5n4)ccc3Sc3ccc(O)cc3)ncnc2n1. The molecule has 3 aromatic carbocycles. The summed E-state index contributed by atoms with van der Waals surface area (Å²) >= 11 is 1.57. The molecular weight excluding hydrogens is 494 g/mol. The van der Waals surface area contributed by atoms with Crippen LogP contribution in [0.15, 0.2) is 107 Å². The van der Waals surface area contributed by atoms with Crippen LogP contribution < -0.4 is 10.1 Å². The number of aromatic hydroxyl groups is 1. The Hall–Kier alpha value is -4.69.